The van der Waals surface area contributed by atoms with Crippen LogP contribution < -0.4 is 0 Å². The Bertz CT molecular complexity index is 486. The van der Waals surface area contributed by atoms with Crippen LogP contribution >= 0.6 is 22.6 Å². The van der Waals surface area contributed by atoms with Crippen LogP contribution in [-0.2, 0) is 4.79 Å². The minimum absolute atomic E-state index is 0.200. The van der Waals surface area contributed by atoms with Gasteiger partial charge >= 0.3 is 5.97 Å². The number of carbonyl (C=O) groups is 2. The number of carbonyl (C=O) groups excluding carboxylic acids is 1. The van der Waals surface area contributed by atoms with Crippen molar-refractivity contribution in [3.8, 4) is 0 Å². The van der Waals surface area contributed by atoms with Gasteiger partial charge in [-0.05, 0) is 66.6 Å². The molecule has 1 atom stereocenters. The third-order valence-corrected chi connectivity index (χ3v) is 4.16. The Morgan fingerprint density at radius 1 is 1.33 bits per heavy atom. The molecule has 0 aromatic heterocycles. The fourth-order valence-corrected chi connectivity index (χ4v) is 2.62. The zero-order valence-corrected chi connectivity index (χ0v) is 12.2. The quantitative estimate of drug-likeness (QED) is 0.825. The lowest BCUT2D eigenvalue weighted by Crippen LogP contribution is -2.50. The molecule has 1 aromatic rings. The second-order valence-corrected chi connectivity index (χ2v) is 5.89. The molecule has 1 fully saturated rings. The van der Waals surface area contributed by atoms with E-state index < -0.39 is 11.5 Å². The summed E-state index contributed by atoms with van der Waals surface area (Å²) in [5.74, 6) is -1.13. The molecule has 1 aromatic carbocycles. The van der Waals surface area contributed by atoms with Gasteiger partial charge in [-0.3, -0.25) is 4.79 Å². The van der Waals surface area contributed by atoms with Crippen molar-refractivity contribution in [2.45, 2.75) is 25.3 Å². The SMILES string of the molecule is CC1(C(=O)O)CCCN1C(=O)c1ccc(I)cc1. The minimum atomic E-state index is -1.07. The van der Waals surface area contributed by atoms with Crippen LogP contribution in [-0.4, -0.2) is 34.0 Å². The van der Waals surface area contributed by atoms with E-state index in [0.29, 0.717) is 18.5 Å². The monoisotopic (exact) mass is 359 g/mol. The number of amides is 1. The number of carboxylic acids is 1. The number of aliphatic carboxylic acids is 1. The topological polar surface area (TPSA) is 57.6 Å². The average Bonchev–Trinajstić information content (AvgIpc) is 2.73. The molecular formula is C13H14INO3. The highest BCUT2D eigenvalue weighted by atomic mass is 127. The first-order valence-electron chi connectivity index (χ1n) is 5.76. The standard InChI is InChI=1S/C13H14INO3/c1-13(12(17)18)7-2-8-15(13)11(16)9-3-5-10(14)6-4-9/h3-6H,2,7-8H2,1H3,(H,17,18). The first-order chi connectivity index (χ1) is 8.45. The lowest BCUT2D eigenvalue weighted by Gasteiger charge is -2.31. The summed E-state index contributed by atoms with van der Waals surface area (Å²) in [6.07, 6.45) is 1.25. The summed E-state index contributed by atoms with van der Waals surface area (Å²) in [5.41, 5.74) is -0.523. The van der Waals surface area contributed by atoms with E-state index in [-0.39, 0.29) is 5.91 Å². The van der Waals surface area contributed by atoms with E-state index >= 15 is 0 Å². The van der Waals surface area contributed by atoms with Crippen molar-refractivity contribution >= 4 is 34.5 Å². The summed E-state index contributed by atoms with van der Waals surface area (Å²) in [7, 11) is 0. The molecule has 2 rings (SSSR count). The van der Waals surface area contributed by atoms with E-state index in [1.54, 1.807) is 19.1 Å². The summed E-state index contributed by atoms with van der Waals surface area (Å²) < 4.78 is 1.05. The fourth-order valence-electron chi connectivity index (χ4n) is 2.26. The Labute approximate surface area is 119 Å². The van der Waals surface area contributed by atoms with Crippen LogP contribution in [0, 0.1) is 3.57 Å². The third-order valence-electron chi connectivity index (χ3n) is 3.44. The normalized spacial score (nSPS) is 23.1. The molecule has 0 saturated carbocycles. The van der Waals surface area contributed by atoms with Gasteiger partial charge in [-0.25, -0.2) is 4.79 Å². The molecule has 1 N–H and O–H groups in total. The highest BCUT2D eigenvalue weighted by Gasteiger charge is 2.45. The zero-order valence-electron chi connectivity index (χ0n) is 10.0. The summed E-state index contributed by atoms with van der Waals surface area (Å²) in [5, 5.41) is 9.29. The van der Waals surface area contributed by atoms with Crippen LogP contribution in [0.15, 0.2) is 24.3 Å². The largest absolute Gasteiger partial charge is 0.480 e. The Kier molecular flexibility index (Phi) is 3.61. The predicted molar refractivity (Wildman–Crippen MR) is 75.5 cm³/mol. The average molecular weight is 359 g/mol. The van der Waals surface area contributed by atoms with Crippen LogP contribution in [0.5, 0.6) is 0 Å². The van der Waals surface area contributed by atoms with Crippen molar-refractivity contribution in [3.63, 3.8) is 0 Å². The highest BCUT2D eigenvalue weighted by Crippen LogP contribution is 2.30. The summed E-state index contributed by atoms with van der Waals surface area (Å²) >= 11 is 2.17. The lowest BCUT2D eigenvalue weighted by atomic mass is 9.98. The molecular weight excluding hydrogens is 345 g/mol. The van der Waals surface area contributed by atoms with Crippen LogP contribution in [0.1, 0.15) is 30.1 Å². The third kappa shape index (κ3) is 2.23. The van der Waals surface area contributed by atoms with Crippen molar-refractivity contribution in [1.82, 2.24) is 4.90 Å². The number of hydrogen-bond acceptors (Lipinski definition) is 2. The number of carboxylic acid groups (broad SMARTS) is 1. The van der Waals surface area contributed by atoms with E-state index in [4.69, 9.17) is 0 Å². The number of likely N-dealkylation sites (tertiary alicyclic amines) is 1. The molecule has 1 aliphatic heterocycles. The second-order valence-electron chi connectivity index (χ2n) is 4.65. The van der Waals surface area contributed by atoms with E-state index in [2.05, 4.69) is 22.6 Å². The fraction of sp³-hybridized carbons (Fsp3) is 0.385. The number of rotatable bonds is 2. The summed E-state index contributed by atoms with van der Waals surface area (Å²) in [6.45, 7) is 2.13. The molecule has 1 aliphatic rings. The maximum absolute atomic E-state index is 12.3. The second kappa shape index (κ2) is 4.87. The van der Waals surface area contributed by atoms with Crippen molar-refractivity contribution in [2.24, 2.45) is 0 Å². The van der Waals surface area contributed by atoms with Crippen LogP contribution in [0.4, 0.5) is 0 Å². The summed E-state index contributed by atoms with van der Waals surface area (Å²) in [4.78, 5) is 25.1. The van der Waals surface area contributed by atoms with Crippen molar-refractivity contribution in [3.05, 3.63) is 33.4 Å². The molecule has 4 nitrogen and oxygen atoms in total. The Morgan fingerprint density at radius 3 is 2.50 bits per heavy atom. The van der Waals surface area contributed by atoms with E-state index in [1.165, 1.54) is 4.90 Å². The van der Waals surface area contributed by atoms with E-state index in [9.17, 15) is 14.7 Å². The Morgan fingerprint density at radius 2 is 1.94 bits per heavy atom. The zero-order chi connectivity index (χ0) is 13.3. The van der Waals surface area contributed by atoms with Crippen molar-refractivity contribution in [2.75, 3.05) is 6.54 Å². The molecule has 1 amide bonds. The molecule has 1 heterocycles. The van der Waals surface area contributed by atoms with Gasteiger partial charge < -0.3 is 10.0 Å². The molecule has 0 aliphatic carbocycles. The number of halogens is 1. The number of benzene rings is 1. The van der Waals surface area contributed by atoms with Gasteiger partial charge in [-0.2, -0.15) is 0 Å². The smallest absolute Gasteiger partial charge is 0.329 e. The molecule has 5 heteroatoms. The molecule has 0 radical (unpaired) electrons. The van der Waals surface area contributed by atoms with Gasteiger partial charge in [0.1, 0.15) is 5.54 Å². The first-order valence-corrected chi connectivity index (χ1v) is 6.84. The molecule has 0 bridgehead atoms. The summed E-state index contributed by atoms with van der Waals surface area (Å²) in [6, 6.07) is 7.18. The van der Waals surface area contributed by atoms with Crippen molar-refractivity contribution in [1.29, 1.82) is 0 Å². The number of hydrogen-bond donors (Lipinski definition) is 1. The van der Waals surface area contributed by atoms with Gasteiger partial charge in [-0.1, -0.05) is 0 Å². The Hall–Kier alpha value is -1.11. The minimum Gasteiger partial charge on any atom is -0.480 e. The molecule has 96 valence electrons. The van der Waals surface area contributed by atoms with Gasteiger partial charge in [0.05, 0.1) is 0 Å². The maximum atomic E-state index is 12.3. The van der Waals surface area contributed by atoms with Crippen LogP contribution in [0.25, 0.3) is 0 Å². The van der Waals surface area contributed by atoms with Crippen LogP contribution in [0.2, 0.25) is 0 Å². The highest BCUT2D eigenvalue weighted by molar-refractivity contribution is 14.1. The molecule has 18 heavy (non-hydrogen) atoms. The maximum Gasteiger partial charge on any atom is 0.329 e. The van der Waals surface area contributed by atoms with Gasteiger partial charge in [0.15, 0.2) is 0 Å². The Balaban J connectivity index is 2.28. The van der Waals surface area contributed by atoms with Gasteiger partial charge in [0.2, 0.25) is 0 Å². The number of nitrogens with zero attached hydrogens (tertiary/aromatic N) is 1. The molecule has 1 unspecified atom stereocenters. The van der Waals surface area contributed by atoms with Gasteiger partial charge in [-0.15, -0.1) is 0 Å². The predicted octanol–water partition coefficient (Wildman–Crippen LogP) is 2.37. The van der Waals surface area contributed by atoms with Gasteiger partial charge in [0.25, 0.3) is 5.91 Å². The lowest BCUT2D eigenvalue weighted by molar-refractivity contribution is -0.147. The molecule has 1 saturated heterocycles. The first kappa shape index (κ1) is 13.3. The van der Waals surface area contributed by atoms with Crippen molar-refractivity contribution < 1.29 is 14.7 Å². The van der Waals surface area contributed by atoms with E-state index in [1.807, 2.05) is 12.1 Å². The van der Waals surface area contributed by atoms with E-state index in [0.717, 1.165) is 9.99 Å². The van der Waals surface area contributed by atoms with Gasteiger partial charge in [0, 0.05) is 15.7 Å². The van der Waals surface area contributed by atoms with Crippen LogP contribution in [0.3, 0.4) is 0 Å². The molecule has 0 spiro atoms.